The summed E-state index contributed by atoms with van der Waals surface area (Å²) in [5, 5.41) is 4.69. The lowest BCUT2D eigenvalue weighted by atomic mass is 10.1. The first kappa shape index (κ1) is 16.0. The van der Waals surface area contributed by atoms with Crippen molar-refractivity contribution < 1.29 is 31.7 Å². The summed E-state index contributed by atoms with van der Waals surface area (Å²) in [5.41, 5.74) is -4.40. The molecule has 0 aliphatic carbocycles. The molecule has 2 N–H and O–H groups in total. The fourth-order valence-electron chi connectivity index (χ4n) is 3.24. The number of aryl methyl sites for hydroxylation is 1. The minimum atomic E-state index is -5.25. The van der Waals surface area contributed by atoms with E-state index in [1.807, 2.05) is 5.32 Å². The first-order chi connectivity index (χ1) is 22.8. The number of carbonyl (C=O) groups is 1. The highest BCUT2D eigenvalue weighted by molar-refractivity contribution is 6.05. The van der Waals surface area contributed by atoms with Gasteiger partial charge in [0.25, 0.3) is 5.91 Å². The number of carbonyl (C=O) groups excluding carboxylic acids is 1. The second kappa shape index (κ2) is 10.4. The Labute approximate surface area is 235 Å². The van der Waals surface area contributed by atoms with E-state index in [1.54, 1.807) is 0 Å². The van der Waals surface area contributed by atoms with Crippen molar-refractivity contribution in [3.63, 3.8) is 0 Å². The van der Waals surface area contributed by atoms with Crippen LogP contribution in [0.2, 0.25) is 0 Å². The van der Waals surface area contributed by atoms with Crippen molar-refractivity contribution in [3.05, 3.63) is 108 Å². The fraction of sp³-hybridized carbons (Fsp3) is 0.107. The molecule has 0 spiro atoms. The van der Waals surface area contributed by atoms with Crippen molar-refractivity contribution in [3.8, 4) is 16.9 Å². The second-order valence-electron chi connectivity index (χ2n) is 7.95. The zero-order valence-corrected chi connectivity index (χ0v) is 20.1. The molecule has 0 aliphatic rings. The Morgan fingerprint density at radius 3 is 2.69 bits per heavy atom. The van der Waals surface area contributed by atoms with Crippen molar-refractivity contribution in [2.24, 2.45) is 0 Å². The van der Waals surface area contributed by atoms with Gasteiger partial charge < -0.3 is 15.2 Å². The highest BCUT2D eigenvalue weighted by Gasteiger charge is 2.31. The number of alkyl halides is 3. The van der Waals surface area contributed by atoms with Gasteiger partial charge in [0, 0.05) is 52.9 Å². The molecule has 0 atom stereocenters. The monoisotopic (exact) mass is 539 g/mol. The molecule has 0 saturated heterocycles. The van der Waals surface area contributed by atoms with E-state index in [0.717, 1.165) is 10.9 Å². The zero-order valence-electron chi connectivity index (χ0n) is 30.1. The van der Waals surface area contributed by atoms with E-state index in [9.17, 15) is 18.0 Å². The van der Waals surface area contributed by atoms with Gasteiger partial charge in [0.2, 0.25) is 5.95 Å². The van der Waals surface area contributed by atoms with E-state index in [1.165, 1.54) is 32.3 Å². The van der Waals surface area contributed by atoms with E-state index in [2.05, 4.69) is 25.3 Å². The third-order valence-corrected chi connectivity index (χ3v) is 5.07. The molecule has 0 radical (unpaired) electrons. The van der Waals surface area contributed by atoms with Crippen LogP contribution in [-0.4, -0.2) is 30.4 Å². The maximum absolute atomic E-state index is 14.1. The lowest BCUT2D eigenvalue weighted by molar-refractivity contribution is -0.137. The van der Waals surface area contributed by atoms with Gasteiger partial charge in [-0.05, 0) is 67.8 Å². The van der Waals surface area contributed by atoms with Crippen LogP contribution >= 0.6 is 0 Å². The number of nitrogens with one attached hydrogen (secondary N) is 2. The number of rotatable bonds is 6. The van der Waals surface area contributed by atoms with Crippen LogP contribution in [0.15, 0.2) is 85.5 Å². The first-order valence-electron chi connectivity index (χ1n) is 16.0. The number of halogens is 3. The first-order valence-corrected chi connectivity index (χ1v) is 11.0. The molecular weight excluding hydrogens is 507 g/mol. The van der Waals surface area contributed by atoms with Crippen molar-refractivity contribution >= 4 is 23.2 Å². The third kappa shape index (κ3) is 5.93. The standard InChI is InChI=1S/C28H22F3N7O/c1-17-5-6-19(10-25(17)37-27-33-9-7-24(36-27)20-4-3-8-32-14-20)26(39)35-22-11-21(28(29,30)31)12-23(13-22)38-15-18(2)34-16-38/h3-16H,1-2H3,(H,35,39)(H,33,36,37)/i3D,4D,5D,6D,8D,10D,11D,12D,13D,14D. The van der Waals surface area contributed by atoms with Crippen LogP contribution in [0.4, 0.5) is 30.5 Å². The van der Waals surface area contributed by atoms with Crippen molar-refractivity contribution in [1.82, 2.24) is 24.5 Å². The van der Waals surface area contributed by atoms with Crippen LogP contribution in [0.3, 0.4) is 0 Å². The highest BCUT2D eigenvalue weighted by Crippen LogP contribution is 2.33. The van der Waals surface area contributed by atoms with Gasteiger partial charge in [0.15, 0.2) is 0 Å². The minimum Gasteiger partial charge on any atom is -0.324 e. The van der Waals surface area contributed by atoms with E-state index < -0.39 is 95.3 Å². The summed E-state index contributed by atoms with van der Waals surface area (Å²) in [7, 11) is 0. The summed E-state index contributed by atoms with van der Waals surface area (Å²) in [5.74, 6) is -1.68. The van der Waals surface area contributed by atoms with Gasteiger partial charge in [-0.25, -0.2) is 15.0 Å². The Morgan fingerprint density at radius 2 is 1.92 bits per heavy atom. The number of amides is 1. The van der Waals surface area contributed by atoms with E-state index in [0.29, 0.717) is 5.69 Å². The number of nitrogens with zero attached hydrogens (tertiary/aromatic N) is 5. The number of anilines is 3. The number of benzene rings is 2. The smallest absolute Gasteiger partial charge is 0.324 e. The SMILES string of the molecule is [2H]c1nc([2H])c(-c2ccnc(Nc3c([2H])c(C(=O)Nc4c([2H])c(-n5cnc(C)c5)c([2H])c(C(F)(F)F)c4[2H])c([2H])c([2H])c3C)n2)c([2H])c1[2H]. The van der Waals surface area contributed by atoms with Crippen LogP contribution in [-0.2, 0) is 6.18 Å². The molecule has 5 rings (SSSR count). The van der Waals surface area contributed by atoms with Gasteiger partial charge in [-0.2, -0.15) is 13.2 Å². The molecule has 2 aromatic carbocycles. The van der Waals surface area contributed by atoms with Crippen molar-refractivity contribution in [2.75, 3.05) is 10.6 Å². The van der Waals surface area contributed by atoms with Crippen molar-refractivity contribution in [2.45, 2.75) is 20.0 Å². The summed E-state index contributed by atoms with van der Waals surface area (Å²) in [6, 6.07) is -5.30. The van der Waals surface area contributed by atoms with Gasteiger partial charge in [-0.1, -0.05) is 6.04 Å². The van der Waals surface area contributed by atoms with E-state index in [4.69, 9.17) is 13.7 Å². The fourth-order valence-corrected chi connectivity index (χ4v) is 3.24. The minimum absolute atomic E-state index is 0.0328. The molecule has 0 bridgehead atoms. The largest absolute Gasteiger partial charge is 0.416 e. The number of pyridine rings is 1. The quantitative estimate of drug-likeness (QED) is 0.261. The van der Waals surface area contributed by atoms with Crippen LogP contribution in [0.1, 0.15) is 40.9 Å². The molecule has 196 valence electrons. The Kier molecular flexibility index (Phi) is 4.26. The normalized spacial score (nSPS) is 14.9. The average molecular weight is 540 g/mol. The highest BCUT2D eigenvalue weighted by atomic mass is 19.4. The maximum Gasteiger partial charge on any atom is 0.416 e. The second-order valence-corrected chi connectivity index (χ2v) is 7.95. The van der Waals surface area contributed by atoms with Gasteiger partial charge in [0.1, 0.15) is 0 Å². The lowest BCUT2D eigenvalue weighted by Crippen LogP contribution is -2.14. The van der Waals surface area contributed by atoms with Crippen LogP contribution in [0, 0.1) is 13.8 Å². The molecule has 3 heterocycles. The van der Waals surface area contributed by atoms with Crippen LogP contribution < -0.4 is 10.6 Å². The van der Waals surface area contributed by atoms with Gasteiger partial charge in [-0.15, -0.1) is 0 Å². The lowest BCUT2D eigenvalue weighted by Gasteiger charge is -2.14. The average Bonchev–Trinajstić information content (AvgIpc) is 3.44. The number of aromatic nitrogens is 5. The predicted molar refractivity (Wildman–Crippen MR) is 141 cm³/mol. The third-order valence-electron chi connectivity index (χ3n) is 5.07. The molecule has 39 heavy (non-hydrogen) atoms. The summed E-state index contributed by atoms with van der Waals surface area (Å²) >= 11 is 0. The zero-order chi connectivity index (χ0) is 36.3. The van der Waals surface area contributed by atoms with E-state index in [-0.39, 0.29) is 28.5 Å². The van der Waals surface area contributed by atoms with Gasteiger partial charge >= 0.3 is 6.18 Å². The molecule has 0 saturated carbocycles. The molecule has 3 aromatic heterocycles. The Bertz CT molecular complexity index is 2190. The summed E-state index contributed by atoms with van der Waals surface area (Å²) in [6.07, 6.45) is -2.84. The summed E-state index contributed by atoms with van der Waals surface area (Å²) < 4.78 is 126. The topological polar surface area (TPSA) is 97.6 Å². The molecular formula is C28H22F3N7O. The van der Waals surface area contributed by atoms with Gasteiger partial charge in [-0.3, -0.25) is 9.78 Å². The summed E-state index contributed by atoms with van der Waals surface area (Å²) in [6.45, 7) is 2.86. The number of hydrogen-bond acceptors (Lipinski definition) is 6. The Morgan fingerprint density at radius 1 is 1.08 bits per heavy atom. The predicted octanol–water partition coefficient (Wildman–Crippen LogP) is 6.36. The van der Waals surface area contributed by atoms with Crippen LogP contribution in [0.25, 0.3) is 16.9 Å². The van der Waals surface area contributed by atoms with Crippen LogP contribution in [0.5, 0.6) is 0 Å². The molecule has 0 fully saturated rings. The maximum atomic E-state index is 14.1. The molecule has 0 unspecified atom stereocenters. The van der Waals surface area contributed by atoms with Gasteiger partial charge in [0.05, 0.1) is 37.0 Å². The van der Waals surface area contributed by atoms with Crippen molar-refractivity contribution in [1.29, 1.82) is 0 Å². The van der Waals surface area contributed by atoms with E-state index >= 15 is 0 Å². The Balaban J connectivity index is 1.61. The molecule has 11 heteroatoms. The summed E-state index contributed by atoms with van der Waals surface area (Å²) in [4.78, 5) is 29.3. The number of imidazole rings is 1. The molecule has 5 aromatic rings. The number of hydrogen-bond donors (Lipinski definition) is 2. The molecule has 1 amide bonds. The Hall–Kier alpha value is -5.06. The molecule has 8 nitrogen and oxygen atoms in total. The molecule has 0 aliphatic heterocycles.